The van der Waals surface area contributed by atoms with Crippen molar-refractivity contribution in [2.75, 3.05) is 26.7 Å². The largest absolute Gasteiger partial charge is 0.355 e. The van der Waals surface area contributed by atoms with Crippen molar-refractivity contribution >= 4 is 11.8 Å². The fourth-order valence-electron chi connectivity index (χ4n) is 3.26. The van der Waals surface area contributed by atoms with Gasteiger partial charge in [-0.05, 0) is 19.3 Å². The highest BCUT2D eigenvalue weighted by Gasteiger charge is 2.28. The minimum absolute atomic E-state index is 0.0408. The van der Waals surface area contributed by atoms with Crippen LogP contribution < -0.4 is 10.6 Å². The first-order valence-corrected chi connectivity index (χ1v) is 8.42. The maximum atomic E-state index is 12.0. The lowest BCUT2D eigenvalue weighted by molar-refractivity contribution is -0.139. The molecule has 0 bridgehead atoms. The van der Waals surface area contributed by atoms with Gasteiger partial charge in [-0.25, -0.2) is 0 Å². The minimum atomic E-state index is -0.133. The van der Waals surface area contributed by atoms with Crippen LogP contribution in [0.5, 0.6) is 0 Å². The molecule has 0 radical (unpaired) electrons. The van der Waals surface area contributed by atoms with Gasteiger partial charge < -0.3 is 15.5 Å². The molecule has 2 N–H and O–H groups in total. The highest BCUT2D eigenvalue weighted by molar-refractivity contribution is 5.86. The Hall–Kier alpha value is -1.10. The molecule has 1 atom stereocenters. The molecule has 120 valence electrons. The van der Waals surface area contributed by atoms with E-state index in [0.29, 0.717) is 25.6 Å². The number of carbonyl (C=O) groups excluding carboxylic acids is 2. The van der Waals surface area contributed by atoms with Crippen LogP contribution in [0.3, 0.4) is 0 Å². The van der Waals surface area contributed by atoms with Gasteiger partial charge in [0.1, 0.15) is 0 Å². The molecule has 1 saturated heterocycles. The average molecular weight is 295 g/mol. The van der Waals surface area contributed by atoms with Crippen LogP contribution in [-0.2, 0) is 9.59 Å². The molecular weight excluding hydrogens is 266 g/mol. The first-order valence-electron chi connectivity index (χ1n) is 8.42. The van der Waals surface area contributed by atoms with Crippen molar-refractivity contribution in [3.05, 3.63) is 0 Å². The van der Waals surface area contributed by atoms with Gasteiger partial charge in [0.25, 0.3) is 0 Å². The summed E-state index contributed by atoms with van der Waals surface area (Å²) in [6.45, 7) is 2.18. The summed E-state index contributed by atoms with van der Waals surface area (Å²) in [6, 6.07) is 0.620. The highest BCUT2D eigenvalue weighted by atomic mass is 16.2. The van der Waals surface area contributed by atoms with Crippen LogP contribution in [0.25, 0.3) is 0 Å². The Balaban J connectivity index is 1.59. The maximum absolute atomic E-state index is 12.0. The second-order valence-electron chi connectivity index (χ2n) is 6.44. The second-order valence-corrected chi connectivity index (χ2v) is 6.44. The summed E-state index contributed by atoms with van der Waals surface area (Å²) in [6.07, 6.45) is 9.03. The molecular formula is C16H29N3O2. The van der Waals surface area contributed by atoms with E-state index in [1.54, 1.807) is 11.9 Å². The Morgan fingerprint density at radius 3 is 2.52 bits per heavy atom. The van der Waals surface area contributed by atoms with Gasteiger partial charge in [-0.3, -0.25) is 9.59 Å². The molecule has 5 heteroatoms. The Bertz CT molecular complexity index is 351. The monoisotopic (exact) mass is 295 g/mol. The summed E-state index contributed by atoms with van der Waals surface area (Å²) in [4.78, 5) is 25.4. The van der Waals surface area contributed by atoms with Crippen molar-refractivity contribution in [1.82, 2.24) is 15.5 Å². The molecule has 2 aliphatic rings. The van der Waals surface area contributed by atoms with E-state index in [-0.39, 0.29) is 17.7 Å². The first-order chi connectivity index (χ1) is 10.2. The Morgan fingerprint density at radius 1 is 1.14 bits per heavy atom. The molecule has 0 aromatic carbocycles. The van der Waals surface area contributed by atoms with Crippen molar-refractivity contribution in [2.45, 2.75) is 57.4 Å². The number of likely N-dealkylation sites (tertiary alicyclic amines) is 1. The van der Waals surface area contributed by atoms with Crippen molar-refractivity contribution in [1.29, 1.82) is 0 Å². The molecule has 2 fully saturated rings. The standard InChI is InChI=1S/C16H29N3O2/c1-19-11-8-13(12-15(19)20)16(21)18-10-9-17-14-6-4-2-3-5-7-14/h13-14,17H,2-12H2,1H3,(H,18,21). The van der Waals surface area contributed by atoms with E-state index in [9.17, 15) is 9.59 Å². The van der Waals surface area contributed by atoms with Crippen LogP contribution in [0.1, 0.15) is 51.4 Å². The van der Waals surface area contributed by atoms with Crippen molar-refractivity contribution in [3.8, 4) is 0 Å². The summed E-state index contributed by atoms with van der Waals surface area (Å²) >= 11 is 0. The Labute approximate surface area is 127 Å². The third-order valence-corrected chi connectivity index (χ3v) is 4.74. The zero-order valence-corrected chi connectivity index (χ0v) is 13.2. The maximum Gasteiger partial charge on any atom is 0.223 e. The van der Waals surface area contributed by atoms with E-state index >= 15 is 0 Å². The summed E-state index contributed by atoms with van der Waals surface area (Å²) in [5.74, 6) is -0.0105. The van der Waals surface area contributed by atoms with E-state index in [0.717, 1.165) is 13.0 Å². The normalized spacial score (nSPS) is 24.7. The topological polar surface area (TPSA) is 61.4 Å². The summed E-state index contributed by atoms with van der Waals surface area (Å²) in [5, 5.41) is 6.52. The molecule has 21 heavy (non-hydrogen) atoms. The van der Waals surface area contributed by atoms with E-state index in [4.69, 9.17) is 0 Å². The summed E-state index contributed by atoms with van der Waals surface area (Å²) in [5.41, 5.74) is 0. The molecule has 5 nitrogen and oxygen atoms in total. The van der Waals surface area contributed by atoms with Gasteiger partial charge in [-0.1, -0.05) is 25.7 Å². The van der Waals surface area contributed by atoms with Gasteiger partial charge >= 0.3 is 0 Å². The first kappa shape index (κ1) is 16.3. The van der Waals surface area contributed by atoms with E-state index in [2.05, 4.69) is 10.6 Å². The predicted molar refractivity (Wildman–Crippen MR) is 82.9 cm³/mol. The fourth-order valence-corrected chi connectivity index (χ4v) is 3.26. The smallest absolute Gasteiger partial charge is 0.223 e. The van der Waals surface area contributed by atoms with Gasteiger partial charge in [0.05, 0.1) is 0 Å². The Kier molecular flexibility index (Phi) is 6.49. The number of nitrogens with zero attached hydrogens (tertiary/aromatic N) is 1. The number of hydrogen-bond acceptors (Lipinski definition) is 3. The van der Waals surface area contributed by atoms with Crippen molar-refractivity contribution in [2.24, 2.45) is 5.92 Å². The van der Waals surface area contributed by atoms with Gasteiger partial charge in [-0.15, -0.1) is 0 Å². The van der Waals surface area contributed by atoms with Crippen molar-refractivity contribution in [3.63, 3.8) is 0 Å². The molecule has 0 aromatic rings. The number of rotatable bonds is 5. The highest BCUT2D eigenvalue weighted by Crippen LogP contribution is 2.18. The van der Waals surface area contributed by atoms with Crippen LogP contribution in [0.2, 0.25) is 0 Å². The zero-order chi connectivity index (χ0) is 15.1. The number of hydrogen-bond donors (Lipinski definition) is 2. The lowest BCUT2D eigenvalue weighted by Gasteiger charge is -2.28. The second kappa shape index (κ2) is 8.37. The number of piperidine rings is 1. The van der Waals surface area contributed by atoms with Crippen molar-refractivity contribution < 1.29 is 9.59 Å². The minimum Gasteiger partial charge on any atom is -0.355 e. The predicted octanol–water partition coefficient (Wildman–Crippen LogP) is 1.28. The third kappa shape index (κ3) is 5.30. The zero-order valence-electron chi connectivity index (χ0n) is 13.2. The van der Waals surface area contributed by atoms with Gasteiger partial charge in [0.2, 0.25) is 11.8 Å². The SMILES string of the molecule is CN1CCC(C(=O)NCCNC2CCCCCC2)CC1=O. The molecule has 1 unspecified atom stereocenters. The molecule has 1 saturated carbocycles. The summed E-state index contributed by atoms with van der Waals surface area (Å²) < 4.78 is 0. The summed E-state index contributed by atoms with van der Waals surface area (Å²) in [7, 11) is 1.80. The molecule has 1 aliphatic heterocycles. The van der Waals surface area contributed by atoms with Crippen LogP contribution in [0, 0.1) is 5.92 Å². The average Bonchev–Trinajstić information content (AvgIpc) is 2.75. The molecule has 1 heterocycles. The molecule has 1 aliphatic carbocycles. The molecule has 2 rings (SSSR count). The number of nitrogens with one attached hydrogen (secondary N) is 2. The number of carbonyl (C=O) groups is 2. The van der Waals surface area contributed by atoms with Crippen LogP contribution in [0.4, 0.5) is 0 Å². The van der Waals surface area contributed by atoms with Gasteiger partial charge in [-0.2, -0.15) is 0 Å². The van der Waals surface area contributed by atoms with Crippen LogP contribution >= 0.6 is 0 Å². The van der Waals surface area contributed by atoms with E-state index in [1.165, 1.54) is 38.5 Å². The Morgan fingerprint density at radius 2 is 1.86 bits per heavy atom. The van der Waals surface area contributed by atoms with Crippen LogP contribution in [0.15, 0.2) is 0 Å². The van der Waals surface area contributed by atoms with Gasteiger partial charge in [0.15, 0.2) is 0 Å². The quantitative estimate of drug-likeness (QED) is 0.593. The lowest BCUT2D eigenvalue weighted by Crippen LogP contribution is -2.44. The molecule has 2 amide bonds. The van der Waals surface area contributed by atoms with E-state index in [1.807, 2.05) is 0 Å². The van der Waals surface area contributed by atoms with Gasteiger partial charge in [0, 0.05) is 45.1 Å². The number of amides is 2. The lowest BCUT2D eigenvalue weighted by atomic mass is 9.96. The fraction of sp³-hybridized carbons (Fsp3) is 0.875. The third-order valence-electron chi connectivity index (χ3n) is 4.74. The van der Waals surface area contributed by atoms with Crippen LogP contribution in [-0.4, -0.2) is 49.4 Å². The van der Waals surface area contributed by atoms with E-state index < -0.39 is 0 Å². The molecule has 0 spiro atoms. The molecule has 0 aromatic heterocycles.